The van der Waals surface area contributed by atoms with Crippen LogP contribution in [-0.2, 0) is 16.1 Å². The van der Waals surface area contributed by atoms with E-state index in [1.807, 2.05) is 18.2 Å². The summed E-state index contributed by atoms with van der Waals surface area (Å²) in [6.07, 6.45) is 2.53. The Hall–Kier alpha value is -3.49. The van der Waals surface area contributed by atoms with E-state index in [-0.39, 0.29) is 24.7 Å². The number of fused-ring (bicyclic) bond motifs is 1. The van der Waals surface area contributed by atoms with Gasteiger partial charge in [-0.1, -0.05) is 29.8 Å². The van der Waals surface area contributed by atoms with Crippen molar-refractivity contribution in [1.82, 2.24) is 20.1 Å². The molecule has 8 heteroatoms. The van der Waals surface area contributed by atoms with Crippen LogP contribution in [0.25, 0.3) is 10.9 Å². The van der Waals surface area contributed by atoms with E-state index in [1.165, 1.54) is 11.1 Å². The van der Waals surface area contributed by atoms with Gasteiger partial charge >= 0.3 is 0 Å². The molecule has 2 amide bonds. The van der Waals surface area contributed by atoms with Crippen LogP contribution in [0.5, 0.6) is 0 Å². The third kappa shape index (κ3) is 8.05. The first-order valence-electron chi connectivity index (χ1n) is 15.0. The average molecular weight is 557 g/mol. The quantitative estimate of drug-likeness (QED) is 0.408. The molecule has 1 aromatic heterocycles. The summed E-state index contributed by atoms with van der Waals surface area (Å²) < 4.78 is 0. The molecule has 0 bridgehead atoms. The average Bonchev–Trinajstić information content (AvgIpc) is 2.96. The summed E-state index contributed by atoms with van der Waals surface area (Å²) >= 11 is 0. The maximum absolute atomic E-state index is 12.6. The summed E-state index contributed by atoms with van der Waals surface area (Å²) in [5.41, 5.74) is 5.46. The molecule has 8 nitrogen and oxygen atoms in total. The van der Waals surface area contributed by atoms with Crippen LogP contribution < -0.4 is 15.5 Å². The van der Waals surface area contributed by atoms with E-state index < -0.39 is 0 Å². The minimum Gasteiger partial charge on any atom is -0.356 e. The van der Waals surface area contributed by atoms with Crippen molar-refractivity contribution in [2.24, 2.45) is 5.92 Å². The Kier molecular flexibility index (Phi) is 9.52. The van der Waals surface area contributed by atoms with Crippen LogP contribution >= 0.6 is 0 Å². The zero-order valence-corrected chi connectivity index (χ0v) is 24.8. The maximum atomic E-state index is 12.6. The van der Waals surface area contributed by atoms with Crippen LogP contribution in [0.2, 0.25) is 0 Å². The van der Waals surface area contributed by atoms with Crippen molar-refractivity contribution in [2.45, 2.75) is 46.1 Å². The molecule has 0 unspecified atom stereocenters. The lowest BCUT2D eigenvalue weighted by Gasteiger charge is -2.33. The van der Waals surface area contributed by atoms with Gasteiger partial charge in [0.2, 0.25) is 11.8 Å². The topological polar surface area (TPSA) is 80.8 Å². The largest absolute Gasteiger partial charge is 0.356 e. The zero-order chi connectivity index (χ0) is 28.8. The number of anilines is 2. The van der Waals surface area contributed by atoms with E-state index in [0.29, 0.717) is 12.5 Å². The molecule has 0 atom stereocenters. The van der Waals surface area contributed by atoms with Gasteiger partial charge in [-0.05, 0) is 88.1 Å². The van der Waals surface area contributed by atoms with Crippen molar-refractivity contribution < 1.29 is 9.59 Å². The predicted molar refractivity (Wildman–Crippen MR) is 166 cm³/mol. The fourth-order valence-corrected chi connectivity index (χ4v) is 5.87. The highest BCUT2D eigenvalue weighted by atomic mass is 16.2. The minimum atomic E-state index is -0.149. The Labute approximate surface area is 244 Å². The predicted octanol–water partition coefficient (Wildman–Crippen LogP) is 4.35. The normalized spacial score (nSPS) is 17.1. The van der Waals surface area contributed by atoms with Crippen LogP contribution in [0.1, 0.15) is 42.4 Å². The Morgan fingerprint density at radius 1 is 0.902 bits per heavy atom. The van der Waals surface area contributed by atoms with Gasteiger partial charge in [-0.3, -0.25) is 14.5 Å². The first kappa shape index (κ1) is 29.0. The molecule has 2 aliphatic heterocycles. The minimum absolute atomic E-state index is 0.0580. The van der Waals surface area contributed by atoms with E-state index in [9.17, 15) is 9.59 Å². The lowest BCUT2D eigenvalue weighted by molar-refractivity contribution is -0.124. The van der Waals surface area contributed by atoms with E-state index in [1.54, 1.807) is 0 Å². The number of piperidine rings is 1. The van der Waals surface area contributed by atoms with Crippen LogP contribution in [0.15, 0.2) is 48.5 Å². The number of carbonyl (C=O) groups excluding carboxylic acids is 2. The number of aryl methyl sites for hydroxylation is 2. The Morgan fingerprint density at radius 3 is 2.41 bits per heavy atom. The first-order valence-corrected chi connectivity index (χ1v) is 15.0. The number of rotatable bonds is 9. The van der Waals surface area contributed by atoms with Crippen LogP contribution in [0.4, 0.5) is 11.5 Å². The molecule has 2 fully saturated rings. The zero-order valence-electron chi connectivity index (χ0n) is 24.8. The molecule has 0 saturated carbocycles. The Bertz CT molecular complexity index is 1360. The van der Waals surface area contributed by atoms with Crippen LogP contribution in [0, 0.1) is 19.8 Å². The van der Waals surface area contributed by atoms with Crippen molar-refractivity contribution in [3.8, 4) is 0 Å². The third-order valence-electron chi connectivity index (χ3n) is 8.48. The second kappa shape index (κ2) is 13.4. The number of nitrogens with one attached hydrogen (secondary N) is 2. The molecule has 0 aliphatic carbocycles. The summed E-state index contributed by atoms with van der Waals surface area (Å²) in [6, 6.07) is 16.7. The number of piperazine rings is 1. The molecule has 2 aromatic carbocycles. The number of benzene rings is 2. The summed E-state index contributed by atoms with van der Waals surface area (Å²) in [7, 11) is 2.15. The first-order chi connectivity index (χ1) is 19.8. The summed E-state index contributed by atoms with van der Waals surface area (Å²) in [5, 5.41) is 7.05. The molecule has 41 heavy (non-hydrogen) atoms. The van der Waals surface area contributed by atoms with Crippen molar-refractivity contribution in [3.63, 3.8) is 0 Å². The molecule has 2 N–H and O–H groups in total. The molecule has 0 spiro atoms. The number of hydrogen-bond acceptors (Lipinski definition) is 6. The van der Waals surface area contributed by atoms with Gasteiger partial charge in [-0.15, -0.1) is 0 Å². The Morgan fingerprint density at radius 2 is 1.66 bits per heavy atom. The van der Waals surface area contributed by atoms with E-state index in [0.717, 1.165) is 86.6 Å². The molecule has 0 radical (unpaired) electrons. The number of nitrogens with zero attached hydrogens (tertiary/aromatic N) is 4. The second-order valence-electron chi connectivity index (χ2n) is 11.9. The van der Waals surface area contributed by atoms with Crippen molar-refractivity contribution in [3.05, 3.63) is 65.2 Å². The molecule has 2 aliphatic rings. The smallest absolute Gasteiger partial charge is 0.224 e. The van der Waals surface area contributed by atoms with Gasteiger partial charge in [0.25, 0.3) is 0 Å². The number of amides is 2. The van der Waals surface area contributed by atoms with Gasteiger partial charge in [-0.2, -0.15) is 0 Å². The van der Waals surface area contributed by atoms with E-state index in [2.05, 4.69) is 76.6 Å². The van der Waals surface area contributed by atoms with Crippen molar-refractivity contribution in [2.75, 3.05) is 63.1 Å². The fourth-order valence-electron chi connectivity index (χ4n) is 5.87. The van der Waals surface area contributed by atoms with Gasteiger partial charge < -0.3 is 20.4 Å². The number of likely N-dealkylation sites (N-methyl/N-ethyl adjacent to an activating group) is 1. The van der Waals surface area contributed by atoms with Crippen molar-refractivity contribution >= 4 is 34.2 Å². The SMILES string of the molecule is Cc1cccc(CN2CCC(CNC(=O)CCC(=O)Nc3ccc4nc(N5CCN(C)CC5)cc(C)c4c3)CC2)c1. The Balaban J connectivity index is 1.03. The second-order valence-corrected chi connectivity index (χ2v) is 11.9. The highest BCUT2D eigenvalue weighted by Crippen LogP contribution is 2.26. The summed E-state index contributed by atoms with van der Waals surface area (Å²) in [6.45, 7) is 12.0. The molecule has 3 heterocycles. The van der Waals surface area contributed by atoms with Gasteiger partial charge in [0.1, 0.15) is 5.82 Å². The summed E-state index contributed by atoms with van der Waals surface area (Å²) in [4.78, 5) is 37.1. The van der Waals surface area contributed by atoms with Crippen LogP contribution in [-0.4, -0.2) is 79.5 Å². The standard InChI is InChI=1S/C33H44N6O2/c1-24-5-4-6-27(19-24)23-38-13-11-26(12-14-38)22-34-32(40)9-10-33(41)35-28-7-8-30-29(21-28)25(2)20-31(36-30)39-17-15-37(3)16-18-39/h4-8,19-21,26H,9-18,22-23H2,1-3H3,(H,34,40)(H,35,41). The summed E-state index contributed by atoms with van der Waals surface area (Å²) in [5.74, 6) is 1.30. The highest BCUT2D eigenvalue weighted by molar-refractivity contribution is 5.96. The van der Waals surface area contributed by atoms with Crippen LogP contribution in [0.3, 0.4) is 0 Å². The number of hydrogen-bond donors (Lipinski definition) is 2. The molecule has 5 rings (SSSR count). The van der Waals surface area contributed by atoms with Crippen molar-refractivity contribution in [1.29, 1.82) is 0 Å². The molecule has 3 aromatic rings. The van der Waals surface area contributed by atoms with Gasteiger partial charge in [0.15, 0.2) is 0 Å². The van der Waals surface area contributed by atoms with Gasteiger partial charge in [0, 0.05) is 63.2 Å². The monoisotopic (exact) mass is 556 g/mol. The third-order valence-corrected chi connectivity index (χ3v) is 8.48. The van der Waals surface area contributed by atoms with E-state index in [4.69, 9.17) is 4.98 Å². The number of pyridine rings is 1. The number of carbonyl (C=O) groups is 2. The molecule has 2 saturated heterocycles. The molecular formula is C33H44N6O2. The lowest BCUT2D eigenvalue weighted by atomic mass is 9.96. The number of likely N-dealkylation sites (tertiary alicyclic amines) is 1. The fraction of sp³-hybridized carbons (Fsp3) is 0.485. The highest BCUT2D eigenvalue weighted by Gasteiger charge is 2.20. The molecular weight excluding hydrogens is 512 g/mol. The maximum Gasteiger partial charge on any atom is 0.224 e. The van der Waals surface area contributed by atoms with E-state index >= 15 is 0 Å². The van der Waals surface area contributed by atoms with Gasteiger partial charge in [-0.25, -0.2) is 4.98 Å². The molecule has 218 valence electrons. The number of aromatic nitrogens is 1. The van der Waals surface area contributed by atoms with Gasteiger partial charge in [0.05, 0.1) is 5.52 Å². The lowest BCUT2D eigenvalue weighted by Crippen LogP contribution is -2.44.